The molecule has 2 atom stereocenters. The number of hydrogen-bond donors (Lipinski definition) is 1. The monoisotopic (exact) mass is 272 g/mol. The average Bonchev–Trinajstić information content (AvgIpc) is 3.26. The predicted octanol–water partition coefficient (Wildman–Crippen LogP) is 1.35. The molecule has 106 valence electrons. The molecule has 0 spiro atoms. The van der Waals surface area contributed by atoms with Crippen LogP contribution in [0.1, 0.15) is 25.3 Å². The molecule has 1 saturated carbocycles. The Labute approximate surface area is 119 Å². The molecule has 1 aromatic rings. The summed E-state index contributed by atoms with van der Waals surface area (Å²) in [5.74, 6) is 0.628. The van der Waals surface area contributed by atoms with Gasteiger partial charge >= 0.3 is 0 Å². The molecular formula is C16H20N2O2. The molecule has 2 aliphatic rings. The Morgan fingerprint density at radius 3 is 2.55 bits per heavy atom. The highest BCUT2D eigenvalue weighted by molar-refractivity contribution is 5.96. The van der Waals surface area contributed by atoms with Crippen LogP contribution < -0.4 is 5.32 Å². The summed E-state index contributed by atoms with van der Waals surface area (Å²) >= 11 is 0. The molecule has 1 aromatic carbocycles. The Kier molecular flexibility index (Phi) is 3.47. The Morgan fingerprint density at radius 1 is 1.20 bits per heavy atom. The van der Waals surface area contributed by atoms with Gasteiger partial charge in [0.25, 0.3) is 0 Å². The Bertz CT molecular complexity index is 510. The second kappa shape index (κ2) is 5.27. The molecule has 1 saturated heterocycles. The fourth-order valence-electron chi connectivity index (χ4n) is 2.70. The third-order valence-electron chi connectivity index (χ3n) is 4.18. The maximum Gasteiger partial charge on any atom is 0.246 e. The number of nitrogens with zero attached hydrogens (tertiary/aromatic N) is 1. The number of piperazine rings is 1. The largest absolute Gasteiger partial charge is 0.342 e. The molecule has 0 radical (unpaired) electrons. The summed E-state index contributed by atoms with van der Waals surface area (Å²) < 4.78 is 0. The molecule has 0 aromatic heterocycles. The van der Waals surface area contributed by atoms with Gasteiger partial charge in [0, 0.05) is 13.0 Å². The summed E-state index contributed by atoms with van der Waals surface area (Å²) in [6, 6.07) is 9.08. The smallest absolute Gasteiger partial charge is 0.246 e. The molecular weight excluding hydrogens is 252 g/mol. The number of carbonyl (C=O) groups excluding carboxylic acids is 2. The van der Waals surface area contributed by atoms with Gasteiger partial charge in [-0.15, -0.1) is 0 Å². The van der Waals surface area contributed by atoms with Crippen LogP contribution in [-0.2, 0) is 16.0 Å². The number of benzene rings is 1. The SMILES string of the molecule is CC1C(=O)NC(Cc2ccccc2)C(=O)N1CC1CC1. The van der Waals surface area contributed by atoms with E-state index in [9.17, 15) is 9.59 Å². The number of carbonyl (C=O) groups is 2. The van der Waals surface area contributed by atoms with Crippen LogP contribution in [0.15, 0.2) is 30.3 Å². The van der Waals surface area contributed by atoms with Gasteiger partial charge in [0.1, 0.15) is 12.1 Å². The fraction of sp³-hybridized carbons (Fsp3) is 0.500. The molecule has 1 N–H and O–H groups in total. The van der Waals surface area contributed by atoms with Gasteiger partial charge in [0.15, 0.2) is 0 Å². The van der Waals surface area contributed by atoms with Crippen LogP contribution in [0.2, 0.25) is 0 Å². The summed E-state index contributed by atoms with van der Waals surface area (Å²) in [4.78, 5) is 26.4. The normalized spacial score (nSPS) is 26.6. The maximum absolute atomic E-state index is 12.6. The van der Waals surface area contributed by atoms with Gasteiger partial charge in [0.2, 0.25) is 11.8 Å². The third kappa shape index (κ3) is 2.69. The molecule has 4 nitrogen and oxygen atoms in total. The van der Waals surface area contributed by atoms with Crippen LogP contribution in [-0.4, -0.2) is 35.3 Å². The minimum Gasteiger partial charge on any atom is -0.342 e. The number of amides is 2. The van der Waals surface area contributed by atoms with E-state index in [0.29, 0.717) is 12.3 Å². The number of rotatable bonds is 4. The highest BCUT2D eigenvalue weighted by atomic mass is 16.2. The van der Waals surface area contributed by atoms with Gasteiger partial charge in [-0.2, -0.15) is 0 Å². The van der Waals surface area contributed by atoms with Crippen LogP contribution in [0.3, 0.4) is 0 Å². The van der Waals surface area contributed by atoms with Crippen molar-refractivity contribution in [2.75, 3.05) is 6.54 Å². The predicted molar refractivity (Wildman–Crippen MR) is 76.0 cm³/mol. The molecule has 1 aliphatic carbocycles. The van der Waals surface area contributed by atoms with Crippen molar-refractivity contribution < 1.29 is 9.59 Å². The van der Waals surface area contributed by atoms with Gasteiger partial charge in [-0.05, 0) is 31.2 Å². The summed E-state index contributed by atoms with van der Waals surface area (Å²) in [6.45, 7) is 2.55. The molecule has 20 heavy (non-hydrogen) atoms. The van der Waals surface area contributed by atoms with Gasteiger partial charge in [-0.25, -0.2) is 0 Å². The van der Waals surface area contributed by atoms with Crippen molar-refractivity contribution in [2.24, 2.45) is 5.92 Å². The van der Waals surface area contributed by atoms with Crippen molar-refractivity contribution in [1.82, 2.24) is 10.2 Å². The van der Waals surface area contributed by atoms with Crippen LogP contribution in [0, 0.1) is 5.92 Å². The Balaban J connectivity index is 1.73. The standard InChI is InChI=1S/C16H20N2O2/c1-11-15(19)17-14(9-12-5-3-2-4-6-12)16(20)18(11)10-13-7-8-13/h2-6,11,13-14H,7-10H2,1H3,(H,17,19). The first kappa shape index (κ1) is 13.2. The van der Waals surface area contributed by atoms with Crippen LogP contribution in [0.25, 0.3) is 0 Å². The van der Waals surface area contributed by atoms with Gasteiger partial charge < -0.3 is 10.2 Å². The fourth-order valence-corrected chi connectivity index (χ4v) is 2.70. The lowest BCUT2D eigenvalue weighted by Gasteiger charge is -2.37. The number of hydrogen-bond acceptors (Lipinski definition) is 2. The van der Waals surface area contributed by atoms with Crippen molar-refractivity contribution in [2.45, 2.75) is 38.3 Å². The van der Waals surface area contributed by atoms with E-state index in [4.69, 9.17) is 0 Å². The average molecular weight is 272 g/mol. The van der Waals surface area contributed by atoms with Crippen LogP contribution >= 0.6 is 0 Å². The lowest BCUT2D eigenvalue weighted by Crippen LogP contribution is -2.63. The van der Waals surface area contributed by atoms with E-state index in [0.717, 1.165) is 12.1 Å². The van der Waals surface area contributed by atoms with E-state index < -0.39 is 6.04 Å². The summed E-state index contributed by atoms with van der Waals surface area (Å²) in [7, 11) is 0. The molecule has 1 aliphatic heterocycles. The van der Waals surface area contributed by atoms with Crippen molar-refractivity contribution in [1.29, 1.82) is 0 Å². The van der Waals surface area contributed by atoms with E-state index in [1.54, 1.807) is 4.90 Å². The van der Waals surface area contributed by atoms with E-state index in [1.165, 1.54) is 12.8 Å². The van der Waals surface area contributed by atoms with E-state index in [2.05, 4.69) is 5.32 Å². The minimum atomic E-state index is -0.417. The van der Waals surface area contributed by atoms with E-state index in [-0.39, 0.29) is 17.9 Å². The summed E-state index contributed by atoms with van der Waals surface area (Å²) in [6.07, 6.45) is 2.93. The zero-order valence-corrected chi connectivity index (χ0v) is 11.7. The molecule has 3 rings (SSSR count). The lowest BCUT2D eigenvalue weighted by molar-refractivity contribution is -0.148. The van der Waals surface area contributed by atoms with Crippen LogP contribution in [0.5, 0.6) is 0 Å². The van der Waals surface area contributed by atoms with Crippen molar-refractivity contribution >= 4 is 11.8 Å². The Hall–Kier alpha value is -1.84. The molecule has 2 unspecified atom stereocenters. The number of nitrogens with one attached hydrogen (secondary N) is 1. The molecule has 0 bridgehead atoms. The van der Waals surface area contributed by atoms with Crippen molar-refractivity contribution in [3.8, 4) is 0 Å². The zero-order valence-electron chi connectivity index (χ0n) is 11.7. The molecule has 2 amide bonds. The van der Waals surface area contributed by atoms with Crippen LogP contribution in [0.4, 0.5) is 0 Å². The second-order valence-electron chi connectivity index (χ2n) is 5.86. The maximum atomic E-state index is 12.6. The second-order valence-corrected chi connectivity index (χ2v) is 5.86. The summed E-state index contributed by atoms with van der Waals surface area (Å²) in [5, 5.41) is 2.86. The first-order chi connectivity index (χ1) is 9.65. The highest BCUT2D eigenvalue weighted by Crippen LogP contribution is 2.31. The van der Waals surface area contributed by atoms with Crippen molar-refractivity contribution in [3.63, 3.8) is 0 Å². The zero-order chi connectivity index (χ0) is 14.1. The molecule has 4 heteroatoms. The quantitative estimate of drug-likeness (QED) is 0.899. The molecule has 1 heterocycles. The molecule has 2 fully saturated rings. The van der Waals surface area contributed by atoms with Gasteiger partial charge in [-0.3, -0.25) is 9.59 Å². The van der Waals surface area contributed by atoms with Crippen molar-refractivity contribution in [3.05, 3.63) is 35.9 Å². The minimum absolute atomic E-state index is 0.0359. The van der Waals surface area contributed by atoms with E-state index >= 15 is 0 Å². The Morgan fingerprint density at radius 2 is 1.90 bits per heavy atom. The topological polar surface area (TPSA) is 49.4 Å². The highest BCUT2D eigenvalue weighted by Gasteiger charge is 2.40. The third-order valence-corrected chi connectivity index (χ3v) is 4.18. The van der Waals surface area contributed by atoms with Gasteiger partial charge in [0.05, 0.1) is 0 Å². The summed E-state index contributed by atoms with van der Waals surface area (Å²) in [5.41, 5.74) is 1.08. The first-order valence-corrected chi connectivity index (χ1v) is 7.30. The van der Waals surface area contributed by atoms with Gasteiger partial charge in [-0.1, -0.05) is 30.3 Å². The van der Waals surface area contributed by atoms with E-state index in [1.807, 2.05) is 37.3 Å². The first-order valence-electron chi connectivity index (χ1n) is 7.30. The lowest BCUT2D eigenvalue weighted by atomic mass is 10.0.